The summed E-state index contributed by atoms with van der Waals surface area (Å²) in [6.45, 7) is 6.04. The van der Waals surface area contributed by atoms with Gasteiger partial charge in [-0.3, -0.25) is 4.98 Å². The maximum atomic E-state index is 13.9. The number of nitrogens with zero attached hydrogens (tertiary/aromatic N) is 1. The molecule has 1 aromatic rings. The molecule has 3 nitrogen and oxygen atoms in total. The average Bonchev–Trinajstić information content (AvgIpc) is 2.26. The Hall–Kier alpha value is -1.52. The van der Waals surface area contributed by atoms with Crippen molar-refractivity contribution in [3.05, 3.63) is 28.6 Å². The second-order valence-corrected chi connectivity index (χ2v) is 4.58. The summed E-state index contributed by atoms with van der Waals surface area (Å²) in [4.78, 5) is 14.9. The van der Waals surface area contributed by atoms with Gasteiger partial charge < -0.3 is 5.11 Å². The molecule has 0 aliphatic heterocycles. The van der Waals surface area contributed by atoms with Crippen LogP contribution in [0, 0.1) is 12.8 Å². The van der Waals surface area contributed by atoms with Crippen molar-refractivity contribution in [1.82, 2.24) is 4.98 Å². The van der Waals surface area contributed by atoms with Gasteiger partial charge in [0.1, 0.15) is 5.69 Å². The Bertz CT molecular complexity index is 470. The van der Waals surface area contributed by atoms with E-state index in [1.54, 1.807) is 6.92 Å². The highest BCUT2D eigenvalue weighted by Gasteiger charge is 2.38. The Morgan fingerprint density at radius 3 is 2.44 bits per heavy atom. The molecule has 5 heteroatoms. The number of aromatic nitrogens is 1. The molecule has 1 aromatic heterocycles. The second kappa shape index (κ2) is 5.00. The van der Waals surface area contributed by atoms with E-state index in [9.17, 15) is 13.6 Å². The van der Waals surface area contributed by atoms with Crippen LogP contribution in [0.1, 0.15) is 48.1 Å². The molecular formula is C13H17F2NO2. The van der Waals surface area contributed by atoms with Gasteiger partial charge in [0.2, 0.25) is 0 Å². The number of halogens is 2. The van der Waals surface area contributed by atoms with Gasteiger partial charge in [-0.2, -0.15) is 8.78 Å². The van der Waals surface area contributed by atoms with Crippen molar-refractivity contribution in [3.63, 3.8) is 0 Å². The highest BCUT2D eigenvalue weighted by Crippen LogP contribution is 2.35. The summed E-state index contributed by atoms with van der Waals surface area (Å²) in [5.74, 6) is -5.06. The summed E-state index contributed by atoms with van der Waals surface area (Å²) in [6, 6.07) is 1.17. The van der Waals surface area contributed by atoms with Crippen LogP contribution >= 0.6 is 0 Å². The van der Waals surface area contributed by atoms with Gasteiger partial charge in [-0.25, -0.2) is 4.79 Å². The molecule has 0 saturated heterocycles. The van der Waals surface area contributed by atoms with Gasteiger partial charge in [-0.05, 0) is 25.0 Å². The third-order valence-corrected chi connectivity index (χ3v) is 2.91. The van der Waals surface area contributed by atoms with Gasteiger partial charge in [-0.1, -0.05) is 20.8 Å². The zero-order chi connectivity index (χ0) is 14.1. The van der Waals surface area contributed by atoms with Crippen molar-refractivity contribution in [2.45, 2.75) is 40.0 Å². The van der Waals surface area contributed by atoms with Crippen LogP contribution in [-0.2, 0) is 12.3 Å². The Morgan fingerprint density at radius 1 is 1.50 bits per heavy atom. The quantitative estimate of drug-likeness (QED) is 0.899. The number of rotatable bonds is 4. The fourth-order valence-corrected chi connectivity index (χ4v) is 1.75. The third kappa shape index (κ3) is 2.49. The SMILES string of the molecule is CCc1nc(C(F)(F)C(C)C)cc(C)c1C(=O)O. The standard InChI is InChI=1S/C13H17F2NO2/c1-5-9-11(12(17)18)8(4)6-10(16-9)13(14,15)7(2)3/h6-7H,5H2,1-4H3,(H,17,18). The van der Waals surface area contributed by atoms with Gasteiger partial charge in [0.05, 0.1) is 11.3 Å². The summed E-state index contributed by atoms with van der Waals surface area (Å²) >= 11 is 0. The minimum Gasteiger partial charge on any atom is -0.478 e. The molecular weight excluding hydrogens is 240 g/mol. The number of hydrogen-bond acceptors (Lipinski definition) is 2. The van der Waals surface area contributed by atoms with Gasteiger partial charge >= 0.3 is 5.97 Å². The van der Waals surface area contributed by atoms with Crippen LogP contribution in [0.15, 0.2) is 6.07 Å². The first-order valence-electron chi connectivity index (χ1n) is 5.83. The van der Waals surface area contributed by atoms with Crippen LogP contribution in [0.5, 0.6) is 0 Å². The first-order chi connectivity index (χ1) is 8.21. The van der Waals surface area contributed by atoms with E-state index in [1.165, 1.54) is 26.8 Å². The highest BCUT2D eigenvalue weighted by atomic mass is 19.3. The molecule has 100 valence electrons. The van der Waals surface area contributed by atoms with E-state index in [1.807, 2.05) is 0 Å². The molecule has 1 rings (SSSR count). The molecule has 0 unspecified atom stereocenters. The molecule has 0 spiro atoms. The molecule has 1 N–H and O–H groups in total. The molecule has 0 amide bonds. The van der Waals surface area contributed by atoms with Crippen molar-refractivity contribution in [1.29, 1.82) is 0 Å². The predicted molar refractivity (Wildman–Crippen MR) is 64.0 cm³/mol. The van der Waals surface area contributed by atoms with Gasteiger partial charge in [0, 0.05) is 5.92 Å². The summed E-state index contributed by atoms with van der Waals surface area (Å²) in [5.41, 5.74) is 0.208. The Morgan fingerprint density at radius 2 is 2.06 bits per heavy atom. The lowest BCUT2D eigenvalue weighted by molar-refractivity contribution is -0.0556. The molecule has 0 aliphatic rings. The fourth-order valence-electron chi connectivity index (χ4n) is 1.75. The molecule has 0 saturated carbocycles. The lowest BCUT2D eigenvalue weighted by atomic mass is 9.98. The summed E-state index contributed by atoms with van der Waals surface area (Å²) < 4.78 is 27.8. The van der Waals surface area contributed by atoms with Crippen LogP contribution in [0.25, 0.3) is 0 Å². The summed E-state index contributed by atoms with van der Waals surface area (Å²) in [6.07, 6.45) is 0.310. The fraction of sp³-hybridized carbons (Fsp3) is 0.538. The van der Waals surface area contributed by atoms with Crippen LogP contribution in [0.4, 0.5) is 8.78 Å². The summed E-state index contributed by atoms with van der Waals surface area (Å²) in [7, 11) is 0. The number of hydrogen-bond donors (Lipinski definition) is 1. The molecule has 0 aromatic carbocycles. The lowest BCUT2D eigenvalue weighted by Crippen LogP contribution is -2.24. The molecule has 1 heterocycles. The highest BCUT2D eigenvalue weighted by molar-refractivity contribution is 5.90. The minimum absolute atomic E-state index is 0.0285. The van der Waals surface area contributed by atoms with Crippen LogP contribution in [0.3, 0.4) is 0 Å². The second-order valence-electron chi connectivity index (χ2n) is 4.58. The largest absolute Gasteiger partial charge is 0.478 e. The smallest absolute Gasteiger partial charge is 0.337 e. The zero-order valence-electron chi connectivity index (χ0n) is 10.9. The molecule has 0 bridgehead atoms. The summed E-state index contributed by atoms with van der Waals surface area (Å²) in [5, 5.41) is 9.05. The predicted octanol–water partition coefficient (Wildman–Crippen LogP) is 3.40. The maximum absolute atomic E-state index is 13.9. The number of aryl methyl sites for hydroxylation is 2. The van der Waals surface area contributed by atoms with E-state index in [0.29, 0.717) is 12.0 Å². The van der Waals surface area contributed by atoms with E-state index in [0.717, 1.165) is 0 Å². The van der Waals surface area contributed by atoms with E-state index < -0.39 is 17.8 Å². The first kappa shape index (κ1) is 14.5. The molecule has 0 fully saturated rings. The number of carbonyl (C=O) groups is 1. The normalized spacial score (nSPS) is 11.9. The van der Waals surface area contributed by atoms with Crippen molar-refractivity contribution in [2.24, 2.45) is 5.92 Å². The number of carboxylic acids is 1. The van der Waals surface area contributed by atoms with Crippen LogP contribution < -0.4 is 0 Å². The number of aromatic carboxylic acids is 1. The lowest BCUT2D eigenvalue weighted by Gasteiger charge is -2.21. The van der Waals surface area contributed by atoms with Crippen molar-refractivity contribution < 1.29 is 18.7 Å². The number of pyridine rings is 1. The first-order valence-corrected chi connectivity index (χ1v) is 5.83. The molecule has 0 aliphatic carbocycles. The third-order valence-electron chi connectivity index (χ3n) is 2.91. The monoisotopic (exact) mass is 257 g/mol. The van der Waals surface area contributed by atoms with E-state index in [4.69, 9.17) is 5.11 Å². The Labute approximate surface area is 105 Å². The zero-order valence-corrected chi connectivity index (χ0v) is 10.9. The van der Waals surface area contributed by atoms with E-state index in [2.05, 4.69) is 4.98 Å². The van der Waals surface area contributed by atoms with Crippen molar-refractivity contribution in [3.8, 4) is 0 Å². The molecule has 0 atom stereocenters. The number of carboxylic acid groups (broad SMARTS) is 1. The van der Waals surface area contributed by atoms with E-state index >= 15 is 0 Å². The van der Waals surface area contributed by atoms with Crippen molar-refractivity contribution >= 4 is 5.97 Å². The minimum atomic E-state index is -3.05. The van der Waals surface area contributed by atoms with Crippen LogP contribution in [-0.4, -0.2) is 16.1 Å². The van der Waals surface area contributed by atoms with Crippen LogP contribution in [0.2, 0.25) is 0 Å². The van der Waals surface area contributed by atoms with Gasteiger partial charge in [-0.15, -0.1) is 0 Å². The van der Waals surface area contributed by atoms with E-state index in [-0.39, 0.29) is 17.0 Å². The average molecular weight is 257 g/mol. The molecule has 18 heavy (non-hydrogen) atoms. The molecule has 0 radical (unpaired) electrons. The topological polar surface area (TPSA) is 50.2 Å². The maximum Gasteiger partial charge on any atom is 0.337 e. The Kier molecular flexibility index (Phi) is 4.04. The van der Waals surface area contributed by atoms with Crippen molar-refractivity contribution in [2.75, 3.05) is 0 Å². The van der Waals surface area contributed by atoms with Gasteiger partial charge in [0.25, 0.3) is 5.92 Å². The number of alkyl halides is 2. The Balaban J connectivity index is 3.45. The van der Waals surface area contributed by atoms with Gasteiger partial charge in [0.15, 0.2) is 0 Å².